The Labute approximate surface area is 121 Å². The number of nitrogens with one attached hydrogen (secondary N) is 2. The van der Waals surface area contributed by atoms with Crippen molar-refractivity contribution in [3.8, 4) is 0 Å². The fraction of sp³-hybridized carbons (Fsp3) is 0.417. The van der Waals surface area contributed by atoms with E-state index in [1.54, 1.807) is 7.11 Å². The molecule has 0 radical (unpaired) electrons. The molecule has 4 nitrogen and oxygen atoms in total. The monoisotopic (exact) mass is 308 g/mol. The molecule has 1 aromatic rings. The Morgan fingerprint density at radius 1 is 1.26 bits per heavy atom. The number of halogens is 3. The topological polar surface area (TPSA) is 50.4 Å². The maximum atomic E-state index is 13.3. The van der Waals surface area contributed by atoms with Gasteiger partial charge in [0.15, 0.2) is 0 Å². The number of carbonyl (C=O) groups is 1. The van der Waals surface area contributed by atoms with Gasteiger partial charge in [0.1, 0.15) is 5.82 Å². The van der Waals surface area contributed by atoms with Gasteiger partial charge < -0.3 is 15.4 Å². The van der Waals surface area contributed by atoms with E-state index >= 15 is 0 Å². The Bertz CT molecular complexity index is 444. The van der Waals surface area contributed by atoms with E-state index < -0.39 is 11.7 Å². The smallest absolute Gasteiger partial charge is 0.252 e. The number of amides is 1. The van der Waals surface area contributed by atoms with E-state index in [1.807, 2.05) is 0 Å². The van der Waals surface area contributed by atoms with E-state index in [-0.39, 0.29) is 15.6 Å². The Kier molecular flexibility index (Phi) is 7.09. The zero-order valence-corrected chi connectivity index (χ0v) is 11.9. The van der Waals surface area contributed by atoms with Gasteiger partial charge in [-0.2, -0.15) is 0 Å². The van der Waals surface area contributed by atoms with Gasteiger partial charge in [-0.15, -0.1) is 0 Å². The van der Waals surface area contributed by atoms with Crippen LogP contribution in [0.4, 0.5) is 4.39 Å². The first kappa shape index (κ1) is 16.2. The van der Waals surface area contributed by atoms with Gasteiger partial charge >= 0.3 is 0 Å². The van der Waals surface area contributed by atoms with Gasteiger partial charge in [0.25, 0.3) is 5.91 Å². The van der Waals surface area contributed by atoms with Crippen LogP contribution in [0, 0.1) is 5.82 Å². The lowest BCUT2D eigenvalue weighted by atomic mass is 10.2. The minimum Gasteiger partial charge on any atom is -0.383 e. The van der Waals surface area contributed by atoms with Crippen LogP contribution in [-0.4, -0.2) is 39.3 Å². The van der Waals surface area contributed by atoms with E-state index in [2.05, 4.69) is 10.6 Å². The fourth-order valence-electron chi connectivity index (χ4n) is 1.36. The molecule has 0 heterocycles. The number of rotatable bonds is 7. The normalized spacial score (nSPS) is 10.5. The largest absolute Gasteiger partial charge is 0.383 e. The third kappa shape index (κ3) is 5.32. The van der Waals surface area contributed by atoms with Crippen LogP contribution in [0.5, 0.6) is 0 Å². The van der Waals surface area contributed by atoms with Gasteiger partial charge in [-0.05, 0) is 12.1 Å². The van der Waals surface area contributed by atoms with Crippen LogP contribution >= 0.6 is 23.2 Å². The van der Waals surface area contributed by atoms with Crippen molar-refractivity contribution in [2.24, 2.45) is 0 Å². The summed E-state index contributed by atoms with van der Waals surface area (Å²) >= 11 is 11.4. The van der Waals surface area contributed by atoms with Crippen molar-refractivity contribution in [1.29, 1.82) is 0 Å². The third-order valence-corrected chi connectivity index (χ3v) is 2.93. The molecule has 0 spiro atoms. The highest BCUT2D eigenvalue weighted by Crippen LogP contribution is 2.24. The summed E-state index contributed by atoms with van der Waals surface area (Å²) in [5.74, 6) is -1.11. The van der Waals surface area contributed by atoms with Crippen molar-refractivity contribution < 1.29 is 13.9 Å². The zero-order chi connectivity index (χ0) is 14.3. The van der Waals surface area contributed by atoms with Gasteiger partial charge in [-0.1, -0.05) is 23.2 Å². The molecule has 0 aliphatic rings. The quantitative estimate of drug-likeness (QED) is 0.599. The van der Waals surface area contributed by atoms with Crippen molar-refractivity contribution in [1.82, 2.24) is 10.6 Å². The second kappa shape index (κ2) is 8.32. The van der Waals surface area contributed by atoms with Crippen molar-refractivity contribution in [2.75, 3.05) is 33.4 Å². The van der Waals surface area contributed by atoms with Gasteiger partial charge in [-0.25, -0.2) is 4.39 Å². The summed E-state index contributed by atoms with van der Waals surface area (Å²) in [4.78, 5) is 11.8. The molecular formula is C12H15Cl2FN2O2. The SMILES string of the molecule is COCCNCCNC(=O)c1cc(F)c(Cl)cc1Cl. The van der Waals surface area contributed by atoms with Crippen molar-refractivity contribution in [2.45, 2.75) is 0 Å². The molecule has 19 heavy (non-hydrogen) atoms. The highest BCUT2D eigenvalue weighted by atomic mass is 35.5. The molecule has 0 aromatic heterocycles. The number of hydrogen-bond donors (Lipinski definition) is 2. The summed E-state index contributed by atoms with van der Waals surface area (Å²) in [6.45, 7) is 2.29. The third-order valence-electron chi connectivity index (χ3n) is 2.32. The van der Waals surface area contributed by atoms with E-state index in [9.17, 15) is 9.18 Å². The number of carbonyl (C=O) groups excluding carboxylic acids is 1. The fourth-order valence-corrected chi connectivity index (χ4v) is 1.82. The van der Waals surface area contributed by atoms with E-state index in [1.165, 1.54) is 6.07 Å². The molecule has 1 amide bonds. The molecule has 0 saturated carbocycles. The summed E-state index contributed by atoms with van der Waals surface area (Å²) in [6, 6.07) is 2.24. The molecule has 106 valence electrons. The maximum Gasteiger partial charge on any atom is 0.252 e. The lowest BCUT2D eigenvalue weighted by Crippen LogP contribution is -2.33. The first-order valence-corrected chi connectivity index (χ1v) is 6.44. The lowest BCUT2D eigenvalue weighted by Gasteiger charge is -2.08. The van der Waals surface area contributed by atoms with Crippen LogP contribution in [-0.2, 0) is 4.74 Å². The molecule has 1 aromatic carbocycles. The minimum absolute atomic E-state index is 0.0699. The average Bonchev–Trinajstić information content (AvgIpc) is 2.37. The number of ether oxygens (including phenoxy) is 1. The standard InChI is InChI=1S/C12H15Cl2FN2O2/c1-19-5-4-16-2-3-17-12(18)8-6-11(15)10(14)7-9(8)13/h6-7,16H,2-5H2,1H3,(H,17,18). The zero-order valence-electron chi connectivity index (χ0n) is 10.4. The van der Waals surface area contributed by atoms with E-state index in [0.29, 0.717) is 26.2 Å². The van der Waals surface area contributed by atoms with E-state index in [0.717, 1.165) is 6.07 Å². The van der Waals surface area contributed by atoms with Gasteiger partial charge in [-0.3, -0.25) is 4.79 Å². The molecule has 0 saturated heterocycles. The molecular weight excluding hydrogens is 294 g/mol. The van der Waals surface area contributed by atoms with Gasteiger partial charge in [0.2, 0.25) is 0 Å². The van der Waals surface area contributed by atoms with Crippen molar-refractivity contribution >= 4 is 29.1 Å². The highest BCUT2D eigenvalue weighted by Gasteiger charge is 2.13. The summed E-state index contributed by atoms with van der Waals surface area (Å²) in [5, 5.41) is 5.70. The molecule has 7 heteroatoms. The number of hydrogen-bond acceptors (Lipinski definition) is 3. The van der Waals surface area contributed by atoms with Crippen LogP contribution in [0.15, 0.2) is 12.1 Å². The summed E-state index contributed by atoms with van der Waals surface area (Å²) in [7, 11) is 1.61. The molecule has 0 bridgehead atoms. The lowest BCUT2D eigenvalue weighted by molar-refractivity contribution is 0.0953. The van der Waals surface area contributed by atoms with E-state index in [4.69, 9.17) is 27.9 Å². The molecule has 1 rings (SSSR count). The molecule has 0 fully saturated rings. The Morgan fingerprint density at radius 3 is 2.68 bits per heavy atom. The van der Waals surface area contributed by atoms with Crippen LogP contribution < -0.4 is 10.6 Å². The number of methoxy groups -OCH3 is 1. The molecule has 0 aliphatic carbocycles. The minimum atomic E-state index is -0.672. The summed E-state index contributed by atoms with van der Waals surface area (Å²) in [6.07, 6.45) is 0. The van der Waals surface area contributed by atoms with Crippen molar-refractivity contribution in [3.05, 3.63) is 33.6 Å². The Balaban J connectivity index is 2.43. The average molecular weight is 309 g/mol. The second-order valence-corrected chi connectivity index (χ2v) is 4.56. The predicted octanol–water partition coefficient (Wildman–Crippen LogP) is 2.10. The second-order valence-electron chi connectivity index (χ2n) is 3.74. The molecule has 2 N–H and O–H groups in total. The van der Waals surface area contributed by atoms with Crippen molar-refractivity contribution in [3.63, 3.8) is 0 Å². The van der Waals surface area contributed by atoms with Crippen LogP contribution in [0.2, 0.25) is 10.0 Å². The van der Waals surface area contributed by atoms with Crippen LogP contribution in [0.1, 0.15) is 10.4 Å². The first-order chi connectivity index (χ1) is 9.06. The molecule has 0 aliphatic heterocycles. The number of benzene rings is 1. The Hall–Kier alpha value is -0.880. The van der Waals surface area contributed by atoms with Crippen LogP contribution in [0.3, 0.4) is 0 Å². The van der Waals surface area contributed by atoms with Crippen LogP contribution in [0.25, 0.3) is 0 Å². The summed E-state index contributed by atoms with van der Waals surface area (Å²) in [5.41, 5.74) is 0.0699. The maximum absolute atomic E-state index is 13.3. The highest BCUT2D eigenvalue weighted by molar-refractivity contribution is 6.36. The summed E-state index contributed by atoms with van der Waals surface area (Å²) < 4.78 is 18.1. The first-order valence-electron chi connectivity index (χ1n) is 5.68. The van der Waals surface area contributed by atoms with Gasteiger partial charge in [0, 0.05) is 26.7 Å². The Morgan fingerprint density at radius 2 is 2.00 bits per heavy atom. The van der Waals surface area contributed by atoms with Gasteiger partial charge in [0.05, 0.1) is 22.2 Å². The molecule has 0 atom stereocenters. The molecule has 0 unspecified atom stereocenters. The predicted molar refractivity (Wildman–Crippen MR) is 73.5 cm³/mol.